The summed E-state index contributed by atoms with van der Waals surface area (Å²) in [6.07, 6.45) is 6.89. The molecule has 0 aromatic heterocycles. The van der Waals surface area contributed by atoms with E-state index < -0.39 is 0 Å². The van der Waals surface area contributed by atoms with Gasteiger partial charge in [0.1, 0.15) is 12.4 Å². The van der Waals surface area contributed by atoms with Crippen LogP contribution >= 0.6 is 0 Å². The zero-order valence-electron chi connectivity index (χ0n) is 22.1. The molecule has 1 aromatic carbocycles. The number of ether oxygens (including phenoxy) is 2. The first-order valence-electron chi connectivity index (χ1n) is 13.4. The van der Waals surface area contributed by atoms with Crippen molar-refractivity contribution in [3.8, 4) is 5.75 Å². The van der Waals surface area contributed by atoms with Crippen LogP contribution in [0.25, 0.3) is 0 Å². The second kappa shape index (κ2) is 11.6. The van der Waals surface area contributed by atoms with Gasteiger partial charge >= 0.3 is 0 Å². The number of hydrogen-bond acceptors (Lipinski definition) is 5. The molecule has 1 heterocycles. The molecule has 4 rings (SSSR count). The Balaban J connectivity index is 1.62. The highest BCUT2D eigenvalue weighted by Gasteiger charge is 2.34. The van der Waals surface area contributed by atoms with Gasteiger partial charge < -0.3 is 24.6 Å². The minimum absolute atomic E-state index is 0.00101. The number of carbonyl (C=O) groups excluding carboxylic acids is 3. The molecule has 3 aliphatic rings. The number of rotatable bonds is 4. The van der Waals surface area contributed by atoms with Gasteiger partial charge in [-0.3, -0.25) is 14.4 Å². The number of nitrogens with zero attached hydrogens (tertiary/aromatic N) is 2. The molecule has 8 heteroatoms. The molecular weight excluding hydrogens is 458 g/mol. The molecule has 2 saturated carbocycles. The van der Waals surface area contributed by atoms with Crippen molar-refractivity contribution in [1.82, 2.24) is 9.80 Å². The zero-order valence-corrected chi connectivity index (χ0v) is 22.1. The maximum atomic E-state index is 13.6. The van der Waals surface area contributed by atoms with Crippen LogP contribution in [0.5, 0.6) is 5.75 Å². The Bertz CT molecular complexity index is 957. The SMILES string of the molecule is CO[C@H]1CN(C)C(=O)c2ccc(NC(=O)C3CC3)cc2OC[C@@H](C)N(C(=O)C2CCCCC2)C[C@H]1C. The van der Waals surface area contributed by atoms with Crippen LogP contribution in [0.1, 0.15) is 69.2 Å². The summed E-state index contributed by atoms with van der Waals surface area (Å²) in [5.41, 5.74) is 1.04. The van der Waals surface area contributed by atoms with Gasteiger partial charge in [-0.15, -0.1) is 0 Å². The Kier molecular flexibility index (Phi) is 8.54. The molecule has 1 N–H and O–H groups in total. The van der Waals surface area contributed by atoms with Crippen molar-refractivity contribution >= 4 is 23.4 Å². The fourth-order valence-electron chi connectivity index (χ4n) is 5.33. The molecule has 3 amide bonds. The summed E-state index contributed by atoms with van der Waals surface area (Å²) < 4.78 is 12.0. The minimum atomic E-state index is -0.214. The minimum Gasteiger partial charge on any atom is -0.491 e. The van der Waals surface area contributed by atoms with E-state index in [1.165, 1.54) is 6.42 Å². The second-order valence-electron chi connectivity index (χ2n) is 10.9. The van der Waals surface area contributed by atoms with Crippen molar-refractivity contribution < 1.29 is 23.9 Å². The van der Waals surface area contributed by atoms with Crippen LogP contribution in [0, 0.1) is 17.8 Å². The van der Waals surface area contributed by atoms with E-state index >= 15 is 0 Å². The number of amides is 3. The van der Waals surface area contributed by atoms with Crippen molar-refractivity contribution in [3.63, 3.8) is 0 Å². The van der Waals surface area contributed by atoms with Crippen molar-refractivity contribution in [2.24, 2.45) is 17.8 Å². The molecule has 36 heavy (non-hydrogen) atoms. The molecule has 3 atom stereocenters. The van der Waals surface area contributed by atoms with Crippen molar-refractivity contribution in [3.05, 3.63) is 23.8 Å². The lowest BCUT2D eigenvalue weighted by atomic mass is 9.87. The fourth-order valence-corrected chi connectivity index (χ4v) is 5.33. The number of fused-ring (bicyclic) bond motifs is 1. The van der Waals surface area contributed by atoms with E-state index in [0.717, 1.165) is 38.5 Å². The molecule has 2 fully saturated rings. The molecule has 0 unspecified atom stereocenters. The summed E-state index contributed by atoms with van der Waals surface area (Å²) in [4.78, 5) is 42.9. The highest BCUT2D eigenvalue weighted by atomic mass is 16.5. The predicted molar refractivity (Wildman–Crippen MR) is 138 cm³/mol. The zero-order chi connectivity index (χ0) is 25.8. The third-order valence-corrected chi connectivity index (χ3v) is 7.90. The Morgan fingerprint density at radius 2 is 1.75 bits per heavy atom. The second-order valence-corrected chi connectivity index (χ2v) is 10.9. The highest BCUT2D eigenvalue weighted by Crippen LogP contribution is 2.32. The van der Waals surface area contributed by atoms with E-state index in [-0.39, 0.29) is 54.2 Å². The Labute approximate surface area is 214 Å². The first-order valence-corrected chi connectivity index (χ1v) is 13.4. The van der Waals surface area contributed by atoms with E-state index in [2.05, 4.69) is 12.2 Å². The lowest BCUT2D eigenvalue weighted by Gasteiger charge is -2.38. The third-order valence-electron chi connectivity index (χ3n) is 7.90. The van der Waals surface area contributed by atoms with Crippen molar-refractivity contribution in [2.45, 2.75) is 70.9 Å². The van der Waals surface area contributed by atoms with Gasteiger partial charge in [0.25, 0.3) is 5.91 Å². The standard InChI is InChI=1S/C28H41N3O5/c1-18-15-31(27(33)21-8-6-5-7-9-21)19(2)17-36-24-14-22(29-26(32)20-10-11-20)12-13-23(24)28(34)30(3)16-25(18)35-4/h12-14,18-21,25H,5-11,15-17H2,1-4H3,(H,29,32)/t18-,19-,25+/m1/s1. The summed E-state index contributed by atoms with van der Waals surface area (Å²) in [7, 11) is 3.42. The van der Waals surface area contributed by atoms with Gasteiger partial charge in [-0.05, 0) is 44.7 Å². The summed E-state index contributed by atoms with van der Waals surface area (Å²) in [5.74, 6) is 0.623. The molecule has 0 saturated heterocycles. The lowest BCUT2D eigenvalue weighted by Crippen LogP contribution is -2.50. The fraction of sp³-hybridized carbons (Fsp3) is 0.679. The lowest BCUT2D eigenvalue weighted by molar-refractivity contribution is -0.141. The molecule has 0 spiro atoms. The molecule has 2 aliphatic carbocycles. The normalized spacial score (nSPS) is 26.3. The van der Waals surface area contributed by atoms with Gasteiger partial charge in [0.05, 0.1) is 17.7 Å². The average Bonchev–Trinajstić information content (AvgIpc) is 3.74. The van der Waals surface area contributed by atoms with Gasteiger partial charge in [-0.2, -0.15) is 0 Å². The number of hydrogen-bond donors (Lipinski definition) is 1. The Morgan fingerprint density at radius 3 is 2.42 bits per heavy atom. The molecule has 8 nitrogen and oxygen atoms in total. The predicted octanol–water partition coefficient (Wildman–Crippen LogP) is 3.95. The Hall–Kier alpha value is -2.61. The van der Waals surface area contributed by atoms with Gasteiger partial charge in [0.15, 0.2) is 0 Å². The highest BCUT2D eigenvalue weighted by molar-refractivity contribution is 5.99. The van der Waals surface area contributed by atoms with Gasteiger partial charge in [-0.25, -0.2) is 0 Å². The number of anilines is 1. The Morgan fingerprint density at radius 1 is 1.03 bits per heavy atom. The molecule has 1 aliphatic heterocycles. The smallest absolute Gasteiger partial charge is 0.257 e. The van der Waals surface area contributed by atoms with Crippen LogP contribution in [0.2, 0.25) is 0 Å². The van der Waals surface area contributed by atoms with Crippen LogP contribution in [-0.2, 0) is 14.3 Å². The van der Waals surface area contributed by atoms with Crippen molar-refractivity contribution in [1.29, 1.82) is 0 Å². The van der Waals surface area contributed by atoms with Crippen molar-refractivity contribution in [2.75, 3.05) is 39.2 Å². The maximum absolute atomic E-state index is 13.6. The first kappa shape index (κ1) is 26.5. The molecule has 0 bridgehead atoms. The van der Waals surface area contributed by atoms with Gasteiger partial charge in [-0.1, -0.05) is 26.2 Å². The third kappa shape index (κ3) is 6.20. The van der Waals surface area contributed by atoms with Crippen LogP contribution in [0.4, 0.5) is 5.69 Å². The molecular formula is C28H41N3O5. The largest absolute Gasteiger partial charge is 0.491 e. The van der Waals surface area contributed by atoms with Crippen LogP contribution in [0.3, 0.4) is 0 Å². The number of methoxy groups -OCH3 is 1. The van der Waals surface area contributed by atoms with Crippen LogP contribution < -0.4 is 10.1 Å². The summed E-state index contributed by atoms with van der Waals surface area (Å²) >= 11 is 0. The van der Waals surface area contributed by atoms with E-state index in [1.54, 1.807) is 37.3 Å². The van der Waals surface area contributed by atoms with Crippen LogP contribution in [0.15, 0.2) is 18.2 Å². The maximum Gasteiger partial charge on any atom is 0.257 e. The molecule has 0 radical (unpaired) electrons. The molecule has 198 valence electrons. The summed E-state index contributed by atoms with van der Waals surface area (Å²) in [6, 6.07) is 5.01. The number of likely N-dealkylation sites (N-methyl/N-ethyl adjacent to an activating group) is 1. The van der Waals surface area contributed by atoms with Gasteiger partial charge in [0, 0.05) is 56.8 Å². The topological polar surface area (TPSA) is 88.2 Å². The number of benzene rings is 1. The average molecular weight is 500 g/mol. The number of nitrogens with one attached hydrogen (secondary N) is 1. The first-order chi connectivity index (χ1) is 17.3. The van der Waals surface area contributed by atoms with E-state index in [1.807, 2.05) is 11.8 Å². The van der Waals surface area contributed by atoms with E-state index in [9.17, 15) is 14.4 Å². The monoisotopic (exact) mass is 499 g/mol. The summed E-state index contributed by atoms with van der Waals surface area (Å²) in [6.45, 7) is 5.29. The van der Waals surface area contributed by atoms with Gasteiger partial charge in [0.2, 0.25) is 11.8 Å². The molecule has 1 aromatic rings. The number of carbonyl (C=O) groups is 3. The summed E-state index contributed by atoms with van der Waals surface area (Å²) in [5, 5.41) is 2.94. The van der Waals surface area contributed by atoms with E-state index in [4.69, 9.17) is 9.47 Å². The van der Waals surface area contributed by atoms with E-state index in [0.29, 0.717) is 30.1 Å². The van der Waals surface area contributed by atoms with Crippen LogP contribution in [-0.4, -0.2) is 73.5 Å². The quantitative estimate of drug-likeness (QED) is 0.678.